The van der Waals surface area contributed by atoms with Crippen LogP contribution in [0.3, 0.4) is 0 Å². The molecule has 1 aromatic carbocycles. The van der Waals surface area contributed by atoms with E-state index in [1.165, 1.54) is 7.11 Å². The summed E-state index contributed by atoms with van der Waals surface area (Å²) in [6, 6.07) is 5.09. The smallest absolute Gasteiger partial charge is 0.185 e. The minimum Gasteiger partial charge on any atom is -0.495 e. The van der Waals surface area contributed by atoms with Gasteiger partial charge in [-0.2, -0.15) is 0 Å². The highest BCUT2D eigenvalue weighted by atomic mass is 32.2. The van der Waals surface area contributed by atoms with Crippen molar-refractivity contribution in [2.75, 3.05) is 19.0 Å². The molecule has 88 valence electrons. The number of sulfone groups is 1. The summed E-state index contributed by atoms with van der Waals surface area (Å²) in [5.74, 6) is 0.579. The van der Waals surface area contributed by atoms with Gasteiger partial charge in [-0.15, -0.1) is 0 Å². The van der Waals surface area contributed by atoms with E-state index in [9.17, 15) is 8.42 Å². The summed E-state index contributed by atoms with van der Waals surface area (Å²) >= 11 is 0. The van der Waals surface area contributed by atoms with Crippen molar-refractivity contribution < 1.29 is 13.2 Å². The fourth-order valence-electron chi connectivity index (χ4n) is 1.96. The zero-order chi connectivity index (χ0) is 11.8. The van der Waals surface area contributed by atoms with Gasteiger partial charge in [0.2, 0.25) is 0 Å². The van der Waals surface area contributed by atoms with Gasteiger partial charge < -0.3 is 10.1 Å². The largest absolute Gasteiger partial charge is 0.495 e. The quantitative estimate of drug-likeness (QED) is 0.855. The van der Waals surface area contributed by atoms with Crippen molar-refractivity contribution in [2.45, 2.75) is 23.5 Å². The zero-order valence-electron chi connectivity index (χ0n) is 9.36. The Bertz CT molecular complexity index is 496. The molecule has 1 unspecified atom stereocenters. The molecule has 0 aromatic heterocycles. The number of anilines is 1. The summed E-state index contributed by atoms with van der Waals surface area (Å²) in [7, 11) is -1.67. The second kappa shape index (κ2) is 3.97. The van der Waals surface area contributed by atoms with Crippen LogP contribution in [0.15, 0.2) is 23.1 Å². The first-order valence-electron chi connectivity index (χ1n) is 5.26. The molecular weight excluding hydrogens is 226 g/mol. The van der Waals surface area contributed by atoms with Gasteiger partial charge in [0, 0.05) is 6.54 Å². The third kappa shape index (κ3) is 1.55. The second-order valence-electron chi connectivity index (χ2n) is 3.79. The van der Waals surface area contributed by atoms with Gasteiger partial charge in [0.25, 0.3) is 0 Å². The molecule has 5 heteroatoms. The Morgan fingerprint density at radius 2 is 2.25 bits per heavy atom. The molecule has 16 heavy (non-hydrogen) atoms. The fourth-order valence-corrected chi connectivity index (χ4v) is 3.79. The van der Waals surface area contributed by atoms with Crippen molar-refractivity contribution in [3.8, 4) is 5.75 Å². The number of benzene rings is 1. The number of fused-ring (bicyclic) bond motifs is 1. The molecular formula is C11H15NO3S. The lowest BCUT2D eigenvalue weighted by Crippen LogP contribution is -2.34. The van der Waals surface area contributed by atoms with E-state index < -0.39 is 9.84 Å². The third-order valence-corrected chi connectivity index (χ3v) is 5.25. The molecule has 0 saturated carbocycles. The Kier molecular flexibility index (Phi) is 2.80. The number of nitrogens with one attached hydrogen (secondary N) is 1. The second-order valence-corrected chi connectivity index (χ2v) is 5.99. The minimum atomic E-state index is -3.21. The molecule has 0 fully saturated rings. The first-order valence-corrected chi connectivity index (χ1v) is 6.80. The van der Waals surface area contributed by atoms with Crippen LogP contribution in [0, 0.1) is 0 Å². The maximum absolute atomic E-state index is 12.2. The highest BCUT2D eigenvalue weighted by Crippen LogP contribution is 2.37. The maximum atomic E-state index is 12.2. The van der Waals surface area contributed by atoms with Crippen LogP contribution >= 0.6 is 0 Å². The molecule has 0 amide bonds. The van der Waals surface area contributed by atoms with Crippen LogP contribution in [-0.4, -0.2) is 27.3 Å². The molecule has 1 heterocycles. The molecule has 1 aliphatic heterocycles. The summed E-state index contributed by atoms with van der Waals surface area (Å²) in [5, 5.41) is 2.79. The predicted molar refractivity (Wildman–Crippen MR) is 62.7 cm³/mol. The summed E-state index contributed by atoms with van der Waals surface area (Å²) < 4.78 is 29.6. The topological polar surface area (TPSA) is 55.4 Å². The average Bonchev–Trinajstić information content (AvgIpc) is 2.28. The number of ether oxygens (including phenoxy) is 1. The van der Waals surface area contributed by atoms with Crippen molar-refractivity contribution in [3.63, 3.8) is 0 Å². The average molecular weight is 241 g/mol. The molecule has 0 bridgehead atoms. The molecule has 2 rings (SSSR count). The van der Waals surface area contributed by atoms with Gasteiger partial charge in [0.15, 0.2) is 9.84 Å². The summed E-state index contributed by atoms with van der Waals surface area (Å²) in [4.78, 5) is 0.352. The van der Waals surface area contributed by atoms with Crippen molar-refractivity contribution in [1.82, 2.24) is 0 Å². The van der Waals surface area contributed by atoms with Crippen LogP contribution in [0.2, 0.25) is 0 Å². The Hall–Kier alpha value is -1.23. The molecule has 1 aromatic rings. The normalized spacial score (nSPS) is 22.0. The van der Waals surface area contributed by atoms with Gasteiger partial charge in [-0.1, -0.05) is 13.0 Å². The summed E-state index contributed by atoms with van der Waals surface area (Å²) in [5.41, 5.74) is 0.592. The molecule has 0 spiro atoms. The van der Waals surface area contributed by atoms with Crippen LogP contribution in [0.25, 0.3) is 0 Å². The minimum absolute atomic E-state index is 0.341. The van der Waals surface area contributed by atoms with Crippen LogP contribution < -0.4 is 10.1 Å². The molecule has 0 saturated heterocycles. The molecule has 0 aliphatic carbocycles. The van der Waals surface area contributed by atoms with E-state index in [1.54, 1.807) is 18.2 Å². The molecule has 1 aliphatic rings. The Morgan fingerprint density at radius 3 is 2.88 bits per heavy atom. The van der Waals surface area contributed by atoms with Gasteiger partial charge in [-0.3, -0.25) is 0 Å². The van der Waals surface area contributed by atoms with Crippen molar-refractivity contribution in [1.29, 1.82) is 0 Å². The number of hydrogen-bond acceptors (Lipinski definition) is 4. The van der Waals surface area contributed by atoms with Crippen molar-refractivity contribution in [2.24, 2.45) is 0 Å². The molecule has 1 N–H and O–H groups in total. The van der Waals surface area contributed by atoms with E-state index in [1.807, 2.05) is 6.92 Å². The van der Waals surface area contributed by atoms with E-state index in [0.717, 1.165) is 0 Å². The summed E-state index contributed by atoms with van der Waals surface area (Å²) in [6.45, 7) is 2.33. The number of rotatable bonds is 2. The first kappa shape index (κ1) is 11.3. The van der Waals surface area contributed by atoms with E-state index in [0.29, 0.717) is 29.3 Å². The highest BCUT2D eigenvalue weighted by molar-refractivity contribution is 7.92. The van der Waals surface area contributed by atoms with Gasteiger partial charge >= 0.3 is 0 Å². The van der Waals surface area contributed by atoms with E-state index in [2.05, 4.69) is 5.32 Å². The maximum Gasteiger partial charge on any atom is 0.185 e. The highest BCUT2D eigenvalue weighted by Gasteiger charge is 2.33. The summed E-state index contributed by atoms with van der Waals surface area (Å²) in [6.07, 6.45) is 0.617. The first-order chi connectivity index (χ1) is 7.61. The lowest BCUT2D eigenvalue weighted by atomic mass is 10.2. The van der Waals surface area contributed by atoms with Crippen LogP contribution in [-0.2, 0) is 9.84 Å². The SMILES string of the molecule is CCC1CNc2c(OC)cccc2S1(=O)=O. The van der Waals surface area contributed by atoms with Gasteiger partial charge in [-0.05, 0) is 18.6 Å². The van der Waals surface area contributed by atoms with Gasteiger partial charge in [0.05, 0.1) is 22.9 Å². The van der Waals surface area contributed by atoms with Crippen LogP contribution in [0.4, 0.5) is 5.69 Å². The van der Waals surface area contributed by atoms with Gasteiger partial charge in [-0.25, -0.2) is 8.42 Å². The lowest BCUT2D eigenvalue weighted by molar-refractivity contribution is 0.414. The molecule has 0 radical (unpaired) electrons. The third-order valence-electron chi connectivity index (χ3n) is 2.92. The van der Waals surface area contributed by atoms with E-state index in [-0.39, 0.29) is 5.25 Å². The van der Waals surface area contributed by atoms with Gasteiger partial charge in [0.1, 0.15) is 5.75 Å². The molecule has 4 nitrogen and oxygen atoms in total. The van der Waals surface area contributed by atoms with E-state index in [4.69, 9.17) is 4.74 Å². The van der Waals surface area contributed by atoms with Crippen molar-refractivity contribution in [3.05, 3.63) is 18.2 Å². The van der Waals surface area contributed by atoms with Crippen molar-refractivity contribution >= 4 is 15.5 Å². The fraction of sp³-hybridized carbons (Fsp3) is 0.455. The Balaban J connectivity index is 2.61. The number of hydrogen-bond donors (Lipinski definition) is 1. The Morgan fingerprint density at radius 1 is 1.50 bits per heavy atom. The Labute approximate surface area is 95.5 Å². The number of methoxy groups -OCH3 is 1. The lowest BCUT2D eigenvalue weighted by Gasteiger charge is -2.26. The van der Waals surface area contributed by atoms with E-state index >= 15 is 0 Å². The molecule has 1 atom stereocenters. The standard InChI is InChI=1S/C11H15NO3S/c1-3-8-7-12-11-9(15-2)5-4-6-10(11)16(8,13)14/h4-6,8,12H,3,7H2,1-2H3. The predicted octanol–water partition coefficient (Wildman–Crippen LogP) is 1.67. The number of para-hydroxylation sites is 1. The van der Waals surface area contributed by atoms with Crippen LogP contribution in [0.1, 0.15) is 13.3 Å². The zero-order valence-corrected chi connectivity index (χ0v) is 10.2. The van der Waals surface area contributed by atoms with Crippen LogP contribution in [0.5, 0.6) is 5.75 Å². The monoisotopic (exact) mass is 241 g/mol.